The van der Waals surface area contributed by atoms with Gasteiger partial charge >= 0.3 is 6.09 Å². The number of carboxylic acid groups (broad SMARTS) is 1. The molecule has 0 atom stereocenters. The number of furan rings is 1. The van der Waals surface area contributed by atoms with Gasteiger partial charge in [-0.15, -0.1) is 0 Å². The van der Waals surface area contributed by atoms with Gasteiger partial charge in [0.15, 0.2) is 12.6 Å². The molecule has 4 N–H and O–H groups in total. The number of halogens is 1. The lowest BCUT2D eigenvalue weighted by molar-refractivity contribution is -0.116. The number of aromatic nitrogens is 1. The second-order valence-electron chi connectivity index (χ2n) is 8.66. The van der Waals surface area contributed by atoms with Crippen LogP contribution in [-0.2, 0) is 9.53 Å². The summed E-state index contributed by atoms with van der Waals surface area (Å²) in [5.74, 6) is -0.613. The van der Waals surface area contributed by atoms with Crippen LogP contribution < -0.4 is 20.7 Å². The minimum absolute atomic E-state index is 0.0157. The lowest BCUT2D eigenvalue weighted by Crippen LogP contribution is -2.25. The molecular weight excluding hydrogens is 566 g/mol. The Morgan fingerprint density at radius 2 is 1.93 bits per heavy atom. The molecule has 12 nitrogen and oxygen atoms in total. The van der Waals surface area contributed by atoms with Crippen LogP contribution in [0.15, 0.2) is 71.5 Å². The van der Waals surface area contributed by atoms with E-state index in [0.29, 0.717) is 38.8 Å². The smallest absolute Gasteiger partial charge is 0.404 e. The number of ether oxygens (including phenoxy) is 2. The van der Waals surface area contributed by atoms with Crippen LogP contribution in [0.5, 0.6) is 5.75 Å². The van der Waals surface area contributed by atoms with Crippen molar-refractivity contribution in [2.24, 2.45) is 0 Å². The van der Waals surface area contributed by atoms with E-state index in [-0.39, 0.29) is 36.7 Å². The number of carbonyl (C=O) groups is 3. The first-order valence-corrected chi connectivity index (χ1v) is 12.7. The standard InChI is InChI=1S/C29H24ClN5O7/c1-40-16-42-25-12-19(30)5-6-21(25)24-13-22(23(14-31)27(34-24)35-28(37)18-8-10-41-15-18)17-3-2-4-20(11-17)33-26(36)7-9-32-29(38)39/h2-6,8,10-13,15,32H,7,9,16H2,1H3,(H,33,36)(H,38,39)(H,34,35,37). The molecule has 4 rings (SSSR count). The number of anilines is 2. The van der Waals surface area contributed by atoms with Crippen LogP contribution in [0.1, 0.15) is 22.3 Å². The van der Waals surface area contributed by atoms with E-state index >= 15 is 0 Å². The van der Waals surface area contributed by atoms with E-state index in [2.05, 4.69) is 27.0 Å². The molecule has 0 saturated carbocycles. The predicted molar refractivity (Wildman–Crippen MR) is 153 cm³/mol. The van der Waals surface area contributed by atoms with Crippen molar-refractivity contribution in [3.63, 3.8) is 0 Å². The molecule has 0 spiro atoms. The number of amides is 3. The van der Waals surface area contributed by atoms with Gasteiger partial charge < -0.3 is 34.9 Å². The molecule has 0 aliphatic heterocycles. The third kappa shape index (κ3) is 7.42. The summed E-state index contributed by atoms with van der Waals surface area (Å²) in [6, 6.07) is 16.9. The second kappa shape index (κ2) is 13.8. The lowest BCUT2D eigenvalue weighted by Gasteiger charge is -2.16. The number of benzene rings is 2. The third-order valence-electron chi connectivity index (χ3n) is 5.78. The normalized spacial score (nSPS) is 10.4. The first-order valence-electron chi connectivity index (χ1n) is 12.4. The summed E-state index contributed by atoms with van der Waals surface area (Å²) in [7, 11) is 1.47. The highest BCUT2D eigenvalue weighted by Crippen LogP contribution is 2.37. The van der Waals surface area contributed by atoms with Crippen molar-refractivity contribution in [3.8, 4) is 34.2 Å². The maximum absolute atomic E-state index is 12.9. The van der Waals surface area contributed by atoms with E-state index in [1.807, 2.05) is 0 Å². The van der Waals surface area contributed by atoms with E-state index in [1.54, 1.807) is 48.5 Å². The SMILES string of the molecule is COCOc1cc(Cl)ccc1-c1cc(-c2cccc(NC(=O)CCNC(=O)O)c2)c(C#N)c(NC(=O)c2ccoc2)n1. The Morgan fingerprint density at radius 1 is 1.10 bits per heavy atom. The molecular formula is C29H24ClN5O7. The number of nitrogens with one attached hydrogen (secondary N) is 3. The van der Waals surface area contributed by atoms with Crippen LogP contribution in [0.25, 0.3) is 22.4 Å². The molecule has 3 amide bonds. The zero-order chi connectivity index (χ0) is 30.1. The minimum atomic E-state index is -1.23. The molecule has 42 heavy (non-hydrogen) atoms. The summed E-state index contributed by atoms with van der Waals surface area (Å²) < 4.78 is 15.8. The summed E-state index contributed by atoms with van der Waals surface area (Å²) in [6.07, 6.45) is 1.30. The van der Waals surface area contributed by atoms with Gasteiger partial charge in [0.1, 0.15) is 23.6 Å². The number of nitriles is 1. The van der Waals surface area contributed by atoms with E-state index < -0.39 is 17.9 Å². The first-order chi connectivity index (χ1) is 20.3. The molecule has 2 aromatic carbocycles. The van der Waals surface area contributed by atoms with Crippen molar-refractivity contribution in [2.45, 2.75) is 6.42 Å². The Bertz CT molecular complexity index is 1650. The maximum Gasteiger partial charge on any atom is 0.404 e. The van der Waals surface area contributed by atoms with E-state index in [1.165, 1.54) is 25.7 Å². The summed E-state index contributed by atoms with van der Waals surface area (Å²) in [4.78, 5) is 40.5. The van der Waals surface area contributed by atoms with Crippen LogP contribution >= 0.6 is 11.6 Å². The Labute approximate surface area is 244 Å². The summed E-state index contributed by atoms with van der Waals surface area (Å²) in [6.45, 7) is -0.119. The van der Waals surface area contributed by atoms with Crippen molar-refractivity contribution < 1.29 is 33.4 Å². The molecule has 0 bridgehead atoms. The number of rotatable bonds is 11. The largest absolute Gasteiger partial charge is 0.472 e. The van der Waals surface area contributed by atoms with Gasteiger partial charge in [-0.2, -0.15) is 5.26 Å². The monoisotopic (exact) mass is 589 g/mol. The molecule has 2 heterocycles. The van der Waals surface area contributed by atoms with Gasteiger partial charge in [0, 0.05) is 41.9 Å². The Balaban J connectivity index is 1.80. The maximum atomic E-state index is 12.9. The van der Waals surface area contributed by atoms with Gasteiger partial charge in [-0.05, 0) is 48.0 Å². The second-order valence-corrected chi connectivity index (χ2v) is 9.10. The van der Waals surface area contributed by atoms with Crippen LogP contribution in [-0.4, -0.2) is 48.4 Å². The molecule has 0 radical (unpaired) electrons. The van der Waals surface area contributed by atoms with Crippen molar-refractivity contribution >= 4 is 41.0 Å². The fraction of sp³-hybridized carbons (Fsp3) is 0.138. The zero-order valence-corrected chi connectivity index (χ0v) is 22.9. The van der Waals surface area contributed by atoms with Gasteiger partial charge in [0.2, 0.25) is 5.91 Å². The van der Waals surface area contributed by atoms with Crippen LogP contribution in [0, 0.1) is 11.3 Å². The van der Waals surface area contributed by atoms with Gasteiger partial charge in [0.25, 0.3) is 5.91 Å². The van der Waals surface area contributed by atoms with Crippen molar-refractivity contribution in [3.05, 3.63) is 83.3 Å². The first kappa shape index (κ1) is 29.6. The number of hydrogen-bond acceptors (Lipinski definition) is 8. The van der Waals surface area contributed by atoms with Crippen LogP contribution in [0.4, 0.5) is 16.3 Å². The third-order valence-corrected chi connectivity index (χ3v) is 6.02. The molecule has 0 fully saturated rings. The summed E-state index contributed by atoms with van der Waals surface area (Å²) in [5.41, 5.74) is 2.50. The Kier molecular flexibility index (Phi) is 9.73. The quantitative estimate of drug-likeness (QED) is 0.168. The predicted octanol–water partition coefficient (Wildman–Crippen LogP) is 5.36. The topological polar surface area (TPSA) is 176 Å². The number of hydrogen-bond donors (Lipinski definition) is 4. The van der Waals surface area contributed by atoms with Gasteiger partial charge in [0.05, 0.1) is 17.5 Å². The van der Waals surface area contributed by atoms with Crippen LogP contribution in [0.3, 0.4) is 0 Å². The van der Waals surface area contributed by atoms with Crippen molar-refractivity contribution in [1.29, 1.82) is 5.26 Å². The molecule has 0 unspecified atom stereocenters. The molecule has 0 aliphatic rings. The van der Waals surface area contributed by atoms with Crippen molar-refractivity contribution in [2.75, 3.05) is 31.1 Å². The highest BCUT2D eigenvalue weighted by molar-refractivity contribution is 6.30. The lowest BCUT2D eigenvalue weighted by atomic mass is 9.97. The average Bonchev–Trinajstić information content (AvgIpc) is 3.51. The minimum Gasteiger partial charge on any atom is -0.472 e. The van der Waals surface area contributed by atoms with E-state index in [0.717, 1.165) is 0 Å². The van der Waals surface area contributed by atoms with Gasteiger partial charge in [-0.25, -0.2) is 9.78 Å². The molecule has 0 aliphatic carbocycles. The van der Waals surface area contributed by atoms with Gasteiger partial charge in [-0.1, -0.05) is 23.7 Å². The van der Waals surface area contributed by atoms with E-state index in [4.69, 9.17) is 30.6 Å². The average molecular weight is 590 g/mol. The van der Waals surface area contributed by atoms with E-state index in [9.17, 15) is 19.6 Å². The number of pyridine rings is 1. The van der Waals surface area contributed by atoms with Crippen LogP contribution in [0.2, 0.25) is 5.02 Å². The molecule has 13 heteroatoms. The number of methoxy groups -OCH3 is 1. The summed E-state index contributed by atoms with van der Waals surface area (Å²) in [5, 5.41) is 26.8. The highest BCUT2D eigenvalue weighted by atomic mass is 35.5. The Morgan fingerprint density at radius 3 is 2.64 bits per heavy atom. The number of nitrogens with zero attached hydrogens (tertiary/aromatic N) is 2. The Hall–Kier alpha value is -5.38. The van der Waals surface area contributed by atoms with Gasteiger partial charge in [-0.3, -0.25) is 9.59 Å². The fourth-order valence-corrected chi connectivity index (χ4v) is 4.07. The molecule has 214 valence electrons. The molecule has 0 saturated heterocycles. The van der Waals surface area contributed by atoms with Crippen molar-refractivity contribution in [1.82, 2.24) is 10.3 Å². The fourth-order valence-electron chi connectivity index (χ4n) is 3.91. The highest BCUT2D eigenvalue weighted by Gasteiger charge is 2.20. The molecule has 2 aromatic heterocycles. The summed E-state index contributed by atoms with van der Waals surface area (Å²) >= 11 is 6.20. The molecule has 4 aromatic rings. The number of carbonyl (C=O) groups excluding carboxylic acids is 2. The zero-order valence-electron chi connectivity index (χ0n) is 22.1.